The number of rotatable bonds is 5. The Balaban J connectivity index is 0.000000921. The zero-order valence-electron chi connectivity index (χ0n) is 14.4. The van der Waals surface area contributed by atoms with Gasteiger partial charge in [-0.1, -0.05) is 45.4 Å². The molecule has 0 atom stereocenters. The molecule has 2 aromatic rings. The maximum atomic E-state index is 5.66. The highest BCUT2D eigenvalue weighted by Gasteiger charge is 2.00. The summed E-state index contributed by atoms with van der Waals surface area (Å²) < 4.78 is 5.66. The number of benzene rings is 1. The topological polar surface area (TPSA) is 37.9 Å². The highest BCUT2D eigenvalue weighted by atomic mass is 16.5. The summed E-state index contributed by atoms with van der Waals surface area (Å²) in [7, 11) is 0. The van der Waals surface area contributed by atoms with E-state index in [1.807, 2.05) is 46.8 Å². The van der Waals surface area contributed by atoms with Gasteiger partial charge in [-0.3, -0.25) is 0 Å². The summed E-state index contributed by atoms with van der Waals surface area (Å²) in [6.07, 6.45) is 3.69. The molecule has 21 heavy (non-hydrogen) atoms. The molecule has 0 amide bonds. The van der Waals surface area contributed by atoms with Crippen LogP contribution in [0.3, 0.4) is 0 Å². The smallest absolute Gasteiger partial charge is 0.119 e. The van der Waals surface area contributed by atoms with Crippen LogP contribution in [0, 0.1) is 13.8 Å². The number of imidazole rings is 1. The zero-order valence-corrected chi connectivity index (χ0v) is 14.4. The van der Waals surface area contributed by atoms with Crippen LogP contribution in [0.15, 0.2) is 30.6 Å². The van der Waals surface area contributed by atoms with Gasteiger partial charge in [0.1, 0.15) is 5.75 Å². The maximum absolute atomic E-state index is 5.66. The highest BCUT2D eigenvalue weighted by Crippen LogP contribution is 2.12. The second-order valence-electron chi connectivity index (χ2n) is 4.24. The molecule has 2 rings (SSSR count). The number of hydrogen-bond donors (Lipinski definition) is 1. The predicted octanol–water partition coefficient (Wildman–Crippen LogP) is 5.09. The first-order valence-electron chi connectivity index (χ1n) is 7.94. The van der Waals surface area contributed by atoms with E-state index < -0.39 is 0 Å². The molecule has 0 spiro atoms. The molecule has 0 saturated carbocycles. The third-order valence-corrected chi connectivity index (χ3v) is 2.78. The molecule has 0 fully saturated rings. The van der Waals surface area contributed by atoms with Gasteiger partial charge in [-0.25, -0.2) is 4.98 Å². The Morgan fingerprint density at radius 3 is 2.14 bits per heavy atom. The summed E-state index contributed by atoms with van der Waals surface area (Å²) >= 11 is 0. The Bertz CT molecular complexity index is 460. The largest absolute Gasteiger partial charge is 0.494 e. The Morgan fingerprint density at radius 2 is 1.62 bits per heavy atom. The molecule has 3 heteroatoms. The average molecular weight is 290 g/mol. The highest BCUT2D eigenvalue weighted by molar-refractivity contribution is 5.26. The van der Waals surface area contributed by atoms with Crippen LogP contribution in [0.5, 0.6) is 5.75 Å². The van der Waals surface area contributed by atoms with E-state index in [2.05, 4.69) is 29.0 Å². The molecule has 1 N–H and O–H groups in total. The number of aromatic nitrogens is 2. The van der Waals surface area contributed by atoms with Crippen molar-refractivity contribution in [1.29, 1.82) is 0 Å². The van der Waals surface area contributed by atoms with Crippen molar-refractivity contribution < 1.29 is 4.74 Å². The van der Waals surface area contributed by atoms with Crippen molar-refractivity contribution in [1.82, 2.24) is 9.97 Å². The first-order valence-corrected chi connectivity index (χ1v) is 7.94. The third-order valence-electron chi connectivity index (χ3n) is 2.78. The molecule has 0 aliphatic carbocycles. The molecular formula is C18H30N2O. The van der Waals surface area contributed by atoms with Gasteiger partial charge < -0.3 is 9.72 Å². The second kappa shape index (κ2) is 12.0. The molecule has 0 aliphatic heterocycles. The van der Waals surface area contributed by atoms with Crippen molar-refractivity contribution in [2.24, 2.45) is 0 Å². The van der Waals surface area contributed by atoms with E-state index in [9.17, 15) is 0 Å². The Kier molecular flexibility index (Phi) is 11.0. The number of nitrogens with one attached hydrogen (secondary N) is 1. The van der Waals surface area contributed by atoms with Crippen LogP contribution in [0.25, 0.3) is 0 Å². The van der Waals surface area contributed by atoms with Crippen LogP contribution in [-0.4, -0.2) is 16.6 Å². The summed E-state index contributed by atoms with van der Waals surface area (Å²) in [5.74, 6) is 0.939. The SMILES string of the molecule is CC.CC.Cc1ccc(OCCCc2nc[nH]c2C)cc1. The Labute approximate surface area is 129 Å². The van der Waals surface area contributed by atoms with Gasteiger partial charge in [0.05, 0.1) is 18.6 Å². The molecular weight excluding hydrogens is 260 g/mol. The fourth-order valence-electron chi connectivity index (χ4n) is 1.70. The van der Waals surface area contributed by atoms with Crippen molar-refractivity contribution in [2.45, 2.75) is 54.4 Å². The van der Waals surface area contributed by atoms with Crippen LogP contribution >= 0.6 is 0 Å². The zero-order chi connectivity index (χ0) is 16.1. The molecule has 1 heterocycles. The van der Waals surface area contributed by atoms with E-state index in [0.717, 1.165) is 36.6 Å². The van der Waals surface area contributed by atoms with Crippen molar-refractivity contribution in [2.75, 3.05) is 6.61 Å². The molecule has 0 aliphatic rings. The summed E-state index contributed by atoms with van der Waals surface area (Å²) in [5, 5.41) is 0. The Hall–Kier alpha value is -1.77. The van der Waals surface area contributed by atoms with Gasteiger partial charge in [-0.15, -0.1) is 0 Å². The van der Waals surface area contributed by atoms with Crippen molar-refractivity contribution in [3.05, 3.63) is 47.5 Å². The fraction of sp³-hybridized carbons (Fsp3) is 0.500. The number of aryl methyl sites for hydroxylation is 3. The van der Waals surface area contributed by atoms with E-state index in [0.29, 0.717) is 0 Å². The van der Waals surface area contributed by atoms with E-state index in [4.69, 9.17) is 4.74 Å². The maximum Gasteiger partial charge on any atom is 0.119 e. The summed E-state index contributed by atoms with van der Waals surface area (Å²) in [6, 6.07) is 8.14. The van der Waals surface area contributed by atoms with Crippen molar-refractivity contribution >= 4 is 0 Å². The van der Waals surface area contributed by atoms with Gasteiger partial charge in [-0.2, -0.15) is 0 Å². The molecule has 0 radical (unpaired) electrons. The monoisotopic (exact) mass is 290 g/mol. The standard InChI is InChI=1S/C14H18N2O.2C2H6/c1-11-5-7-13(8-6-11)17-9-3-4-14-12(2)15-10-16-14;2*1-2/h5-8,10H,3-4,9H2,1-2H3,(H,15,16);2*1-2H3. The molecule has 0 unspecified atom stereocenters. The van der Waals surface area contributed by atoms with E-state index in [-0.39, 0.29) is 0 Å². The lowest BCUT2D eigenvalue weighted by Gasteiger charge is -2.05. The number of hydrogen-bond acceptors (Lipinski definition) is 2. The Morgan fingerprint density at radius 1 is 1.00 bits per heavy atom. The van der Waals surface area contributed by atoms with Crippen molar-refractivity contribution in [3.8, 4) is 5.75 Å². The third kappa shape index (κ3) is 7.54. The first-order chi connectivity index (χ1) is 10.3. The minimum atomic E-state index is 0.732. The lowest BCUT2D eigenvalue weighted by molar-refractivity contribution is 0.310. The van der Waals surface area contributed by atoms with Gasteiger partial charge in [0.25, 0.3) is 0 Å². The number of aromatic amines is 1. The first kappa shape index (κ1) is 19.2. The summed E-state index contributed by atoms with van der Waals surface area (Å²) in [5.41, 5.74) is 3.54. The second-order valence-corrected chi connectivity index (χ2v) is 4.24. The van der Waals surface area contributed by atoms with Crippen molar-refractivity contribution in [3.63, 3.8) is 0 Å². The molecule has 0 saturated heterocycles. The van der Waals surface area contributed by atoms with Gasteiger partial charge >= 0.3 is 0 Å². The lowest BCUT2D eigenvalue weighted by atomic mass is 10.2. The minimum absolute atomic E-state index is 0.732. The van der Waals surface area contributed by atoms with Crippen LogP contribution in [-0.2, 0) is 6.42 Å². The molecule has 1 aromatic heterocycles. The van der Waals surface area contributed by atoms with Gasteiger partial charge in [-0.05, 0) is 38.8 Å². The quantitative estimate of drug-likeness (QED) is 0.779. The molecule has 118 valence electrons. The number of nitrogens with zero attached hydrogens (tertiary/aromatic N) is 1. The van der Waals surface area contributed by atoms with Crippen LogP contribution in [0.4, 0.5) is 0 Å². The van der Waals surface area contributed by atoms with E-state index >= 15 is 0 Å². The lowest BCUT2D eigenvalue weighted by Crippen LogP contribution is -2.00. The van der Waals surface area contributed by atoms with Gasteiger partial charge in [0, 0.05) is 5.69 Å². The molecule has 0 bridgehead atoms. The normalized spacial score (nSPS) is 9.05. The van der Waals surface area contributed by atoms with Crippen LogP contribution in [0.1, 0.15) is 51.1 Å². The summed E-state index contributed by atoms with van der Waals surface area (Å²) in [6.45, 7) is 12.8. The van der Waals surface area contributed by atoms with Gasteiger partial charge in [0.15, 0.2) is 0 Å². The van der Waals surface area contributed by atoms with E-state index in [1.165, 1.54) is 5.56 Å². The van der Waals surface area contributed by atoms with Crippen LogP contribution in [0.2, 0.25) is 0 Å². The number of H-pyrrole nitrogens is 1. The summed E-state index contributed by atoms with van der Waals surface area (Å²) in [4.78, 5) is 7.34. The van der Waals surface area contributed by atoms with Crippen LogP contribution < -0.4 is 4.74 Å². The van der Waals surface area contributed by atoms with Gasteiger partial charge in [0.2, 0.25) is 0 Å². The fourth-order valence-corrected chi connectivity index (χ4v) is 1.70. The molecule has 1 aromatic carbocycles. The molecule has 3 nitrogen and oxygen atoms in total. The van der Waals surface area contributed by atoms with E-state index in [1.54, 1.807) is 6.33 Å². The predicted molar refractivity (Wildman–Crippen MR) is 91.0 cm³/mol. The average Bonchev–Trinajstić information content (AvgIpc) is 2.95. The minimum Gasteiger partial charge on any atom is -0.494 e. The number of ether oxygens (including phenoxy) is 1.